The van der Waals surface area contributed by atoms with E-state index >= 15 is 0 Å². The first kappa shape index (κ1) is 19.3. The van der Waals surface area contributed by atoms with Crippen molar-refractivity contribution >= 4 is 11.8 Å². The maximum absolute atomic E-state index is 12.2. The van der Waals surface area contributed by atoms with Crippen molar-refractivity contribution < 1.29 is 24.5 Å². The molecule has 1 unspecified atom stereocenters. The summed E-state index contributed by atoms with van der Waals surface area (Å²) in [5, 5.41) is 20.4. The Labute approximate surface area is 144 Å². The number of aliphatic hydroxyl groups is 2. The van der Waals surface area contributed by atoms with E-state index in [1.807, 2.05) is 0 Å². The minimum absolute atomic E-state index is 0.0171. The molecule has 1 aromatic rings. The van der Waals surface area contributed by atoms with Crippen LogP contribution in [0.4, 0.5) is 5.82 Å². The number of hydrogen-bond donors (Lipinski definition) is 4. The molecular formula is C15H24N4O6. The summed E-state index contributed by atoms with van der Waals surface area (Å²) in [4.78, 5) is 27.8. The number of esters is 1. The molecule has 0 amide bonds. The topological polar surface area (TPSA) is 163 Å². The van der Waals surface area contributed by atoms with Gasteiger partial charge in [-0.1, -0.05) is 13.8 Å². The molecule has 0 bridgehead atoms. The lowest BCUT2D eigenvalue weighted by Gasteiger charge is -2.30. The van der Waals surface area contributed by atoms with Crippen LogP contribution in [0.3, 0.4) is 0 Å². The van der Waals surface area contributed by atoms with Crippen LogP contribution in [0.2, 0.25) is 0 Å². The van der Waals surface area contributed by atoms with E-state index in [-0.39, 0.29) is 11.7 Å². The van der Waals surface area contributed by atoms with E-state index in [1.165, 1.54) is 19.2 Å². The molecule has 1 aromatic heterocycles. The molecule has 0 aliphatic carbocycles. The summed E-state index contributed by atoms with van der Waals surface area (Å²) in [6, 6.07) is 0.470. The molecule has 5 atom stereocenters. The summed E-state index contributed by atoms with van der Waals surface area (Å²) < 4.78 is 11.9. The van der Waals surface area contributed by atoms with E-state index in [2.05, 4.69) is 4.98 Å². The van der Waals surface area contributed by atoms with Gasteiger partial charge in [-0.25, -0.2) is 4.79 Å². The summed E-state index contributed by atoms with van der Waals surface area (Å²) in [6.07, 6.45) is -2.17. The number of rotatable bonds is 5. The van der Waals surface area contributed by atoms with Crippen molar-refractivity contribution in [3.8, 4) is 0 Å². The number of carbonyl (C=O) groups is 1. The van der Waals surface area contributed by atoms with Gasteiger partial charge in [0.05, 0.1) is 6.61 Å². The molecular weight excluding hydrogens is 332 g/mol. The average Bonchev–Trinajstić information content (AvgIpc) is 2.77. The zero-order valence-electron chi connectivity index (χ0n) is 14.3. The van der Waals surface area contributed by atoms with Crippen molar-refractivity contribution in [3.63, 3.8) is 0 Å². The molecule has 6 N–H and O–H groups in total. The first-order valence-electron chi connectivity index (χ1n) is 7.89. The molecule has 25 heavy (non-hydrogen) atoms. The van der Waals surface area contributed by atoms with E-state index in [1.54, 1.807) is 13.8 Å². The predicted molar refractivity (Wildman–Crippen MR) is 87.2 cm³/mol. The molecule has 1 aliphatic heterocycles. The highest BCUT2D eigenvalue weighted by Gasteiger charge is 2.56. The highest BCUT2D eigenvalue weighted by molar-refractivity contribution is 5.76. The molecule has 10 nitrogen and oxygen atoms in total. The first-order valence-corrected chi connectivity index (χ1v) is 7.89. The van der Waals surface area contributed by atoms with Gasteiger partial charge in [0, 0.05) is 6.20 Å². The van der Waals surface area contributed by atoms with Gasteiger partial charge in [0.15, 0.2) is 12.3 Å². The fourth-order valence-corrected chi connectivity index (χ4v) is 2.65. The molecule has 2 rings (SSSR count). The summed E-state index contributed by atoms with van der Waals surface area (Å²) in [5.41, 5.74) is 8.67. The highest BCUT2D eigenvalue weighted by atomic mass is 16.6. The average molecular weight is 356 g/mol. The van der Waals surface area contributed by atoms with Gasteiger partial charge in [-0.3, -0.25) is 9.36 Å². The van der Waals surface area contributed by atoms with Gasteiger partial charge in [0.2, 0.25) is 0 Å². The Morgan fingerprint density at radius 2 is 2.20 bits per heavy atom. The van der Waals surface area contributed by atoms with Gasteiger partial charge in [-0.05, 0) is 18.9 Å². The van der Waals surface area contributed by atoms with Gasteiger partial charge < -0.3 is 31.2 Å². The number of nitrogen functional groups attached to an aromatic ring is 1. The van der Waals surface area contributed by atoms with Crippen molar-refractivity contribution in [2.75, 3.05) is 12.3 Å². The molecule has 1 aliphatic rings. The number of aromatic nitrogens is 2. The molecule has 0 saturated carbocycles. The van der Waals surface area contributed by atoms with Crippen LogP contribution in [0.5, 0.6) is 0 Å². The number of nitrogens with zero attached hydrogens (tertiary/aromatic N) is 2. The van der Waals surface area contributed by atoms with E-state index < -0.39 is 48.3 Å². The Kier molecular flexibility index (Phi) is 5.47. The molecule has 10 heteroatoms. The zero-order chi connectivity index (χ0) is 18.9. The van der Waals surface area contributed by atoms with Crippen LogP contribution in [-0.4, -0.2) is 56.2 Å². The molecule has 140 valence electrons. The zero-order valence-corrected chi connectivity index (χ0v) is 14.3. The lowest BCUT2D eigenvalue weighted by atomic mass is 9.95. The van der Waals surface area contributed by atoms with Crippen LogP contribution >= 0.6 is 0 Å². The lowest BCUT2D eigenvalue weighted by Crippen LogP contribution is -2.51. The summed E-state index contributed by atoms with van der Waals surface area (Å²) in [6.45, 7) is 4.32. The van der Waals surface area contributed by atoms with Crippen LogP contribution in [0.1, 0.15) is 27.0 Å². The quantitative estimate of drug-likeness (QED) is 0.453. The van der Waals surface area contributed by atoms with E-state index in [0.29, 0.717) is 0 Å². The Bertz CT molecular complexity index is 689. The Hall–Kier alpha value is -2.01. The van der Waals surface area contributed by atoms with Gasteiger partial charge in [-0.15, -0.1) is 0 Å². The fraction of sp³-hybridized carbons (Fsp3) is 0.667. The maximum Gasteiger partial charge on any atom is 0.351 e. The predicted octanol–water partition coefficient (Wildman–Crippen LogP) is -1.64. The van der Waals surface area contributed by atoms with Crippen molar-refractivity contribution in [1.82, 2.24) is 9.55 Å². The minimum Gasteiger partial charge on any atom is -0.455 e. The number of aliphatic hydroxyl groups excluding tert-OH is 1. The van der Waals surface area contributed by atoms with E-state index in [9.17, 15) is 19.8 Å². The molecule has 1 saturated heterocycles. The van der Waals surface area contributed by atoms with Crippen LogP contribution in [0.15, 0.2) is 17.1 Å². The van der Waals surface area contributed by atoms with Crippen LogP contribution < -0.4 is 17.2 Å². The molecule has 2 heterocycles. The summed E-state index contributed by atoms with van der Waals surface area (Å²) >= 11 is 0. The van der Waals surface area contributed by atoms with Crippen molar-refractivity contribution in [2.24, 2.45) is 11.7 Å². The third-order valence-corrected chi connectivity index (χ3v) is 4.23. The third kappa shape index (κ3) is 3.66. The number of ether oxygens (including phenoxy) is 2. The smallest absolute Gasteiger partial charge is 0.351 e. The third-order valence-electron chi connectivity index (χ3n) is 4.23. The van der Waals surface area contributed by atoms with Gasteiger partial charge in [-0.2, -0.15) is 4.98 Å². The van der Waals surface area contributed by atoms with Crippen LogP contribution in [0.25, 0.3) is 0 Å². The van der Waals surface area contributed by atoms with E-state index in [4.69, 9.17) is 20.9 Å². The number of carbonyl (C=O) groups excluding carboxylic acids is 1. The summed E-state index contributed by atoms with van der Waals surface area (Å²) in [7, 11) is 0. The van der Waals surface area contributed by atoms with Crippen molar-refractivity contribution in [3.05, 3.63) is 22.7 Å². The highest BCUT2D eigenvalue weighted by Crippen LogP contribution is 2.39. The molecule has 0 aromatic carbocycles. The fourth-order valence-electron chi connectivity index (χ4n) is 2.65. The Morgan fingerprint density at radius 1 is 1.56 bits per heavy atom. The molecule has 1 fully saturated rings. The van der Waals surface area contributed by atoms with Crippen molar-refractivity contribution in [1.29, 1.82) is 0 Å². The normalized spacial score (nSPS) is 30.4. The van der Waals surface area contributed by atoms with Crippen LogP contribution in [0, 0.1) is 5.92 Å². The minimum atomic E-state index is -1.80. The van der Waals surface area contributed by atoms with Crippen LogP contribution in [-0.2, 0) is 14.3 Å². The second kappa shape index (κ2) is 7.08. The monoisotopic (exact) mass is 356 g/mol. The second-order valence-electron chi connectivity index (χ2n) is 6.60. The standard InChI is InChI=1S/C15H24N4O6/c1-7(2)10(17)12(21)25-11-8(6-20)24-13(15(11,3)23)19-5-4-9(16)18-14(19)22/h4-5,7-8,10-11,13,20,23H,6,17H2,1-3H3,(H2,16,18,22)/t8-,10?,11-,13-,15-/m1/s1. The largest absolute Gasteiger partial charge is 0.455 e. The van der Waals surface area contributed by atoms with Gasteiger partial charge >= 0.3 is 11.7 Å². The number of nitrogens with two attached hydrogens (primary N) is 2. The van der Waals surface area contributed by atoms with Crippen molar-refractivity contribution in [2.45, 2.75) is 50.8 Å². The molecule has 0 radical (unpaired) electrons. The Balaban J connectivity index is 2.32. The van der Waals surface area contributed by atoms with Gasteiger partial charge in [0.25, 0.3) is 0 Å². The van der Waals surface area contributed by atoms with E-state index in [0.717, 1.165) is 4.57 Å². The SMILES string of the molecule is CC(C)C(N)C(=O)O[C@@H]1[C@@H](CO)O[C@@H](n2ccc(N)nc2=O)[C@]1(C)O. The number of hydrogen-bond acceptors (Lipinski definition) is 9. The molecule has 0 spiro atoms. The lowest BCUT2D eigenvalue weighted by molar-refractivity contribution is -0.166. The van der Waals surface area contributed by atoms with Gasteiger partial charge in [0.1, 0.15) is 23.6 Å². The first-order chi connectivity index (χ1) is 11.6. The maximum atomic E-state index is 12.2. The second-order valence-corrected chi connectivity index (χ2v) is 6.60. The number of anilines is 1. The Morgan fingerprint density at radius 3 is 2.72 bits per heavy atom. The summed E-state index contributed by atoms with van der Waals surface area (Å²) in [5.74, 6) is -0.888.